The van der Waals surface area contributed by atoms with Crippen LogP contribution >= 0.6 is 11.9 Å². The minimum atomic E-state index is 0.844. The maximum atomic E-state index is 3.33. The molecule has 0 aliphatic carbocycles. The molecule has 0 atom stereocenters. The Bertz CT molecular complexity index is 69.7. The van der Waals surface area contributed by atoms with Crippen molar-refractivity contribution in [1.29, 1.82) is 0 Å². The first kappa shape index (κ1) is 11.3. The molecule has 0 unspecified atom stereocenters. The van der Waals surface area contributed by atoms with Gasteiger partial charge in [-0.1, -0.05) is 25.8 Å². The van der Waals surface area contributed by atoms with E-state index in [-0.39, 0.29) is 0 Å². The Kier molecular flexibility index (Phi) is 8.57. The highest BCUT2D eigenvalue weighted by molar-refractivity contribution is 7.98. The van der Waals surface area contributed by atoms with Crippen LogP contribution in [-0.2, 0) is 0 Å². The van der Waals surface area contributed by atoms with Crippen molar-refractivity contribution in [2.75, 3.05) is 20.1 Å². The lowest BCUT2D eigenvalue weighted by Crippen LogP contribution is -2.30. The molecule has 0 radical (unpaired) electrons. The quantitative estimate of drug-likeness (QED) is 0.625. The van der Waals surface area contributed by atoms with Crippen LogP contribution in [0.3, 0.4) is 0 Å². The van der Waals surface area contributed by atoms with Crippen molar-refractivity contribution in [3.63, 3.8) is 0 Å². The fourth-order valence-corrected chi connectivity index (χ4v) is 1.88. The van der Waals surface area contributed by atoms with Crippen LogP contribution in [-0.4, -0.2) is 25.4 Å². The summed E-state index contributed by atoms with van der Waals surface area (Å²) in [6.45, 7) is 6.39. The normalized spacial score (nSPS) is 18.8. The van der Waals surface area contributed by atoms with Crippen molar-refractivity contribution in [3.05, 3.63) is 0 Å². The Morgan fingerprint density at radius 3 is 2.27 bits per heavy atom. The van der Waals surface area contributed by atoms with Crippen LogP contribution in [0.5, 0.6) is 0 Å². The number of rotatable bonds is 2. The molecule has 0 bridgehead atoms. The number of hydrogen-bond acceptors (Lipinski definition) is 3. The van der Waals surface area contributed by atoms with Gasteiger partial charge in [0, 0.05) is 5.25 Å². The molecule has 1 fully saturated rings. The second kappa shape index (κ2) is 8.37. The maximum Gasteiger partial charge on any atom is 0.0217 e. The van der Waals surface area contributed by atoms with Crippen LogP contribution in [0.2, 0.25) is 0 Å². The summed E-state index contributed by atoms with van der Waals surface area (Å²) in [4.78, 5) is 0. The third kappa shape index (κ3) is 5.53. The molecule has 1 heterocycles. The maximum absolute atomic E-state index is 3.33. The molecule has 0 aromatic carbocycles. The van der Waals surface area contributed by atoms with E-state index in [4.69, 9.17) is 0 Å². The highest BCUT2D eigenvalue weighted by Gasteiger charge is 2.11. The van der Waals surface area contributed by atoms with E-state index in [2.05, 4.69) is 10.0 Å². The summed E-state index contributed by atoms with van der Waals surface area (Å²) in [5.74, 6) is 0. The Morgan fingerprint density at radius 1 is 1.27 bits per heavy atom. The van der Waals surface area contributed by atoms with Gasteiger partial charge in [0.15, 0.2) is 0 Å². The Hall–Kier alpha value is 0.270. The van der Waals surface area contributed by atoms with Crippen LogP contribution in [0.15, 0.2) is 0 Å². The van der Waals surface area contributed by atoms with Gasteiger partial charge in [-0.3, -0.25) is 4.72 Å². The fraction of sp³-hybridized carbons (Fsp3) is 1.00. The standard InChI is InChI=1S/C6H14N2S.C2H6/c1-7-9-6-2-4-8-5-3-6;1-2/h6-8H,2-5H2,1H3;1-2H3. The highest BCUT2D eigenvalue weighted by Crippen LogP contribution is 2.15. The van der Waals surface area contributed by atoms with Crippen molar-refractivity contribution in [2.24, 2.45) is 0 Å². The summed E-state index contributed by atoms with van der Waals surface area (Å²) in [5.41, 5.74) is 0. The lowest BCUT2D eigenvalue weighted by atomic mass is 10.2. The summed E-state index contributed by atoms with van der Waals surface area (Å²) in [6, 6.07) is 0. The smallest absolute Gasteiger partial charge is 0.0217 e. The van der Waals surface area contributed by atoms with E-state index in [1.54, 1.807) is 0 Å². The van der Waals surface area contributed by atoms with E-state index in [1.807, 2.05) is 32.8 Å². The van der Waals surface area contributed by atoms with Gasteiger partial charge >= 0.3 is 0 Å². The average Bonchev–Trinajstić information content (AvgIpc) is 2.11. The number of piperidine rings is 1. The van der Waals surface area contributed by atoms with Gasteiger partial charge in [0.1, 0.15) is 0 Å². The molecule has 2 nitrogen and oxygen atoms in total. The molecule has 0 saturated carbocycles. The molecule has 0 spiro atoms. The first-order chi connectivity index (χ1) is 5.43. The summed E-state index contributed by atoms with van der Waals surface area (Å²) in [6.07, 6.45) is 2.62. The van der Waals surface area contributed by atoms with E-state index in [9.17, 15) is 0 Å². The van der Waals surface area contributed by atoms with Crippen molar-refractivity contribution in [1.82, 2.24) is 10.0 Å². The minimum Gasteiger partial charge on any atom is -0.317 e. The second-order valence-electron chi connectivity index (χ2n) is 2.27. The van der Waals surface area contributed by atoms with Crippen LogP contribution in [0, 0.1) is 0 Å². The molecule has 1 saturated heterocycles. The lowest BCUT2D eigenvalue weighted by molar-refractivity contribution is 0.531. The zero-order valence-electron chi connectivity index (χ0n) is 7.81. The topological polar surface area (TPSA) is 24.1 Å². The number of nitrogens with one attached hydrogen (secondary N) is 2. The van der Waals surface area contributed by atoms with E-state index in [0.29, 0.717) is 0 Å². The molecule has 0 aromatic rings. The third-order valence-corrected chi connectivity index (χ3v) is 2.61. The summed E-state index contributed by atoms with van der Waals surface area (Å²) in [7, 11) is 1.99. The molecule has 3 heteroatoms. The predicted octanol–water partition coefficient (Wildman–Crippen LogP) is 1.63. The van der Waals surface area contributed by atoms with E-state index in [1.165, 1.54) is 25.9 Å². The Balaban J connectivity index is 0.000000461. The molecule has 0 aromatic heterocycles. The zero-order valence-corrected chi connectivity index (χ0v) is 8.63. The minimum absolute atomic E-state index is 0.844. The Labute approximate surface area is 74.7 Å². The monoisotopic (exact) mass is 176 g/mol. The van der Waals surface area contributed by atoms with E-state index >= 15 is 0 Å². The fourth-order valence-electron chi connectivity index (χ4n) is 1.08. The van der Waals surface area contributed by atoms with E-state index < -0.39 is 0 Å². The van der Waals surface area contributed by atoms with Crippen molar-refractivity contribution in [2.45, 2.75) is 31.9 Å². The largest absolute Gasteiger partial charge is 0.317 e. The molecule has 0 amide bonds. The molecule has 68 valence electrons. The van der Waals surface area contributed by atoms with Gasteiger partial charge in [-0.2, -0.15) is 0 Å². The SMILES string of the molecule is CC.CNSC1CCNCC1. The van der Waals surface area contributed by atoms with Gasteiger partial charge in [0.25, 0.3) is 0 Å². The predicted molar refractivity (Wildman–Crippen MR) is 53.9 cm³/mol. The van der Waals surface area contributed by atoms with E-state index in [0.717, 1.165) is 5.25 Å². The molecule has 2 N–H and O–H groups in total. The van der Waals surface area contributed by atoms with Gasteiger partial charge in [-0.25, -0.2) is 0 Å². The van der Waals surface area contributed by atoms with Crippen LogP contribution in [0.1, 0.15) is 26.7 Å². The van der Waals surface area contributed by atoms with Gasteiger partial charge in [0.2, 0.25) is 0 Å². The average molecular weight is 176 g/mol. The van der Waals surface area contributed by atoms with Gasteiger partial charge in [0.05, 0.1) is 0 Å². The van der Waals surface area contributed by atoms with Crippen molar-refractivity contribution >= 4 is 11.9 Å². The van der Waals surface area contributed by atoms with Crippen molar-refractivity contribution < 1.29 is 0 Å². The first-order valence-electron chi connectivity index (χ1n) is 4.46. The Morgan fingerprint density at radius 2 is 1.82 bits per heavy atom. The number of hydrogen-bond donors (Lipinski definition) is 2. The third-order valence-electron chi connectivity index (χ3n) is 1.57. The van der Waals surface area contributed by atoms with Crippen LogP contribution < -0.4 is 10.0 Å². The first-order valence-corrected chi connectivity index (χ1v) is 5.34. The molecule has 1 aliphatic heterocycles. The second-order valence-corrected chi connectivity index (χ2v) is 3.58. The van der Waals surface area contributed by atoms with Crippen molar-refractivity contribution in [3.8, 4) is 0 Å². The highest BCUT2D eigenvalue weighted by atomic mass is 32.2. The summed E-state index contributed by atoms with van der Waals surface area (Å²) < 4.78 is 3.13. The zero-order chi connectivity index (χ0) is 8.53. The van der Waals surface area contributed by atoms with Gasteiger partial charge < -0.3 is 5.32 Å². The van der Waals surface area contributed by atoms with Gasteiger partial charge in [-0.05, 0) is 33.0 Å². The lowest BCUT2D eigenvalue weighted by Gasteiger charge is -2.20. The summed E-state index contributed by atoms with van der Waals surface area (Å²) >= 11 is 1.86. The molecular formula is C8H20N2S. The van der Waals surface area contributed by atoms with Crippen LogP contribution in [0.4, 0.5) is 0 Å². The molecular weight excluding hydrogens is 156 g/mol. The van der Waals surface area contributed by atoms with Gasteiger partial charge in [-0.15, -0.1) is 0 Å². The molecule has 1 rings (SSSR count). The van der Waals surface area contributed by atoms with Crippen LogP contribution in [0.25, 0.3) is 0 Å². The summed E-state index contributed by atoms with van der Waals surface area (Å²) in [5, 5.41) is 4.18. The molecule has 11 heavy (non-hydrogen) atoms. The molecule has 1 aliphatic rings.